The number of rotatable bonds is 6. The predicted molar refractivity (Wildman–Crippen MR) is 88.8 cm³/mol. The van der Waals surface area contributed by atoms with Crippen LogP contribution in [0.15, 0.2) is 11.2 Å². The lowest BCUT2D eigenvalue weighted by atomic mass is 9.97. The first kappa shape index (κ1) is 17.8. The molecule has 0 aliphatic carbocycles. The minimum absolute atomic E-state index is 0.0788. The highest BCUT2D eigenvalue weighted by atomic mass is 32.2. The third-order valence-corrected chi connectivity index (χ3v) is 6.36. The number of imidazole rings is 1. The van der Waals surface area contributed by atoms with Gasteiger partial charge in [-0.3, -0.25) is 0 Å². The molecule has 2 rings (SSSR count). The van der Waals surface area contributed by atoms with E-state index in [2.05, 4.69) is 9.71 Å². The Balaban J connectivity index is 2.12. The number of hydrogen-bond acceptors (Lipinski definition) is 5. The summed E-state index contributed by atoms with van der Waals surface area (Å²) in [6.07, 6.45) is 3.28. The maximum atomic E-state index is 12.5. The summed E-state index contributed by atoms with van der Waals surface area (Å²) >= 11 is 1.88. The van der Waals surface area contributed by atoms with E-state index in [1.165, 1.54) is 0 Å². The SMILES string of the molecule is COC1(CNS(=O)(=O)c2cn(C)c(C(C)C)n2)CCSCC1. The fourth-order valence-corrected chi connectivity index (χ4v) is 4.96. The molecule has 0 radical (unpaired) electrons. The molecule has 1 aromatic rings. The Hall–Kier alpha value is -0.570. The van der Waals surface area contributed by atoms with E-state index in [1.54, 1.807) is 17.9 Å². The van der Waals surface area contributed by atoms with Gasteiger partial charge < -0.3 is 9.30 Å². The van der Waals surface area contributed by atoms with E-state index in [-0.39, 0.29) is 10.9 Å². The zero-order valence-electron chi connectivity index (χ0n) is 13.6. The summed E-state index contributed by atoms with van der Waals surface area (Å²) in [7, 11) is -0.141. The molecule has 0 unspecified atom stereocenters. The Morgan fingerprint density at radius 2 is 2.09 bits per heavy atom. The van der Waals surface area contributed by atoms with Crippen LogP contribution in [0, 0.1) is 0 Å². The van der Waals surface area contributed by atoms with Gasteiger partial charge in [0.15, 0.2) is 5.03 Å². The van der Waals surface area contributed by atoms with Crippen molar-refractivity contribution >= 4 is 21.8 Å². The number of methoxy groups -OCH3 is 1. The molecular formula is C14H25N3O3S2. The van der Waals surface area contributed by atoms with Crippen molar-refractivity contribution in [3.8, 4) is 0 Å². The zero-order valence-corrected chi connectivity index (χ0v) is 15.3. The van der Waals surface area contributed by atoms with Crippen molar-refractivity contribution in [1.82, 2.24) is 14.3 Å². The van der Waals surface area contributed by atoms with Gasteiger partial charge in [0.2, 0.25) is 0 Å². The number of aromatic nitrogens is 2. The van der Waals surface area contributed by atoms with Gasteiger partial charge >= 0.3 is 0 Å². The second-order valence-electron chi connectivity index (χ2n) is 6.03. The first-order valence-electron chi connectivity index (χ1n) is 7.45. The zero-order chi connectivity index (χ0) is 16.4. The molecule has 0 atom stereocenters. The van der Waals surface area contributed by atoms with Crippen LogP contribution in [0.25, 0.3) is 0 Å². The summed E-state index contributed by atoms with van der Waals surface area (Å²) in [5, 5.41) is 0.0788. The van der Waals surface area contributed by atoms with Gasteiger partial charge in [-0.2, -0.15) is 11.8 Å². The molecule has 8 heteroatoms. The third kappa shape index (κ3) is 3.84. The molecule has 1 fully saturated rings. The van der Waals surface area contributed by atoms with Crippen molar-refractivity contribution in [2.24, 2.45) is 7.05 Å². The molecule has 1 saturated heterocycles. The molecular weight excluding hydrogens is 322 g/mol. The number of aryl methyl sites for hydroxylation is 1. The van der Waals surface area contributed by atoms with Crippen LogP contribution < -0.4 is 4.72 Å². The first-order chi connectivity index (χ1) is 10.3. The Morgan fingerprint density at radius 1 is 1.45 bits per heavy atom. The number of hydrogen-bond donors (Lipinski definition) is 1. The smallest absolute Gasteiger partial charge is 0.259 e. The molecule has 1 aliphatic rings. The molecule has 0 bridgehead atoms. The lowest BCUT2D eigenvalue weighted by molar-refractivity contribution is -0.0119. The lowest BCUT2D eigenvalue weighted by Gasteiger charge is -2.35. The molecule has 1 N–H and O–H groups in total. The first-order valence-corrected chi connectivity index (χ1v) is 10.1. The molecule has 0 saturated carbocycles. The van der Waals surface area contributed by atoms with Crippen LogP contribution in [0.3, 0.4) is 0 Å². The Labute approximate surface area is 137 Å². The fourth-order valence-electron chi connectivity index (χ4n) is 2.62. The van der Waals surface area contributed by atoms with Crippen LogP contribution in [0.5, 0.6) is 0 Å². The molecule has 0 aromatic carbocycles. The highest BCUT2D eigenvalue weighted by Crippen LogP contribution is 2.29. The Bertz CT molecular complexity index is 605. The highest BCUT2D eigenvalue weighted by molar-refractivity contribution is 7.99. The molecule has 0 spiro atoms. The normalized spacial score (nSPS) is 18.8. The summed E-state index contributed by atoms with van der Waals surface area (Å²) in [4.78, 5) is 4.26. The van der Waals surface area contributed by atoms with Crippen molar-refractivity contribution in [1.29, 1.82) is 0 Å². The van der Waals surface area contributed by atoms with E-state index in [0.717, 1.165) is 30.2 Å². The quantitative estimate of drug-likeness (QED) is 0.848. The molecule has 6 nitrogen and oxygen atoms in total. The van der Waals surface area contributed by atoms with E-state index in [4.69, 9.17) is 4.74 Å². The highest BCUT2D eigenvalue weighted by Gasteiger charge is 2.34. The van der Waals surface area contributed by atoms with Crippen LogP contribution in [-0.2, 0) is 21.8 Å². The van der Waals surface area contributed by atoms with Gasteiger partial charge in [-0.25, -0.2) is 18.1 Å². The standard InChI is InChI=1S/C14H25N3O3S2/c1-11(2)13-16-12(9-17(13)3)22(18,19)15-10-14(20-4)5-7-21-8-6-14/h9,11,15H,5-8,10H2,1-4H3. The predicted octanol–water partition coefficient (Wildman–Crippen LogP) is 1.73. The summed E-state index contributed by atoms with van der Waals surface area (Å²) in [5.41, 5.74) is -0.395. The van der Waals surface area contributed by atoms with E-state index in [9.17, 15) is 8.42 Å². The molecule has 2 heterocycles. The maximum absolute atomic E-state index is 12.5. The van der Waals surface area contributed by atoms with Gasteiger partial charge in [0.05, 0.1) is 5.60 Å². The lowest BCUT2D eigenvalue weighted by Crippen LogP contribution is -2.46. The van der Waals surface area contributed by atoms with Crippen molar-refractivity contribution in [2.75, 3.05) is 25.2 Å². The van der Waals surface area contributed by atoms with Crippen LogP contribution in [0.2, 0.25) is 0 Å². The number of nitrogens with zero attached hydrogens (tertiary/aromatic N) is 2. The monoisotopic (exact) mass is 347 g/mol. The van der Waals surface area contributed by atoms with E-state index in [1.807, 2.05) is 32.7 Å². The van der Waals surface area contributed by atoms with Crippen molar-refractivity contribution in [3.63, 3.8) is 0 Å². The maximum Gasteiger partial charge on any atom is 0.259 e. The number of sulfonamides is 1. The largest absolute Gasteiger partial charge is 0.377 e. The minimum atomic E-state index is -3.61. The number of nitrogens with one attached hydrogen (secondary N) is 1. The second-order valence-corrected chi connectivity index (χ2v) is 8.97. The van der Waals surface area contributed by atoms with Gasteiger partial charge in [0.25, 0.3) is 10.0 Å². The Morgan fingerprint density at radius 3 is 2.59 bits per heavy atom. The van der Waals surface area contributed by atoms with E-state index >= 15 is 0 Å². The van der Waals surface area contributed by atoms with Crippen molar-refractivity contribution in [3.05, 3.63) is 12.0 Å². The van der Waals surface area contributed by atoms with Gasteiger partial charge in [0.1, 0.15) is 5.82 Å². The van der Waals surface area contributed by atoms with Gasteiger partial charge in [-0.1, -0.05) is 13.8 Å². The van der Waals surface area contributed by atoms with Gasteiger partial charge in [-0.05, 0) is 24.3 Å². The third-order valence-electron chi connectivity index (χ3n) is 4.10. The van der Waals surface area contributed by atoms with Crippen LogP contribution >= 0.6 is 11.8 Å². The summed E-state index contributed by atoms with van der Waals surface area (Å²) in [5.74, 6) is 2.93. The van der Waals surface area contributed by atoms with Crippen LogP contribution in [0.1, 0.15) is 38.4 Å². The summed E-state index contributed by atoms with van der Waals surface area (Å²) in [6.45, 7) is 4.28. The van der Waals surface area contributed by atoms with Gasteiger partial charge in [0, 0.05) is 32.8 Å². The topological polar surface area (TPSA) is 73.2 Å². The molecule has 0 amide bonds. The van der Waals surface area contributed by atoms with E-state index in [0.29, 0.717) is 6.54 Å². The van der Waals surface area contributed by atoms with Crippen LogP contribution in [0.4, 0.5) is 0 Å². The number of thioether (sulfide) groups is 1. The Kier molecular flexibility index (Phi) is 5.58. The van der Waals surface area contributed by atoms with Gasteiger partial charge in [-0.15, -0.1) is 0 Å². The minimum Gasteiger partial charge on any atom is -0.377 e. The number of ether oxygens (including phenoxy) is 1. The van der Waals surface area contributed by atoms with E-state index < -0.39 is 15.6 Å². The molecule has 1 aliphatic heterocycles. The average Bonchev–Trinajstić information content (AvgIpc) is 2.89. The summed E-state index contributed by atoms with van der Waals surface area (Å²) in [6, 6.07) is 0. The molecule has 1 aromatic heterocycles. The second kappa shape index (κ2) is 6.90. The van der Waals surface area contributed by atoms with Crippen molar-refractivity contribution in [2.45, 2.75) is 43.2 Å². The average molecular weight is 348 g/mol. The molecule has 22 heavy (non-hydrogen) atoms. The molecule has 126 valence electrons. The van der Waals surface area contributed by atoms with Crippen molar-refractivity contribution < 1.29 is 13.2 Å². The van der Waals surface area contributed by atoms with Crippen LogP contribution in [-0.4, -0.2) is 48.7 Å². The fraction of sp³-hybridized carbons (Fsp3) is 0.786. The summed E-state index contributed by atoms with van der Waals surface area (Å²) < 4.78 is 35.0.